The molecule has 1 N–H and O–H groups in total. The molecule has 0 aliphatic heterocycles. The molecule has 0 amide bonds. The molecular formula is C21H36O2. The number of benzene rings is 1. The molecule has 132 valence electrons. The number of ether oxygens (including phenoxy) is 1. The van der Waals surface area contributed by atoms with Gasteiger partial charge in [0.15, 0.2) is 0 Å². The zero-order valence-electron chi connectivity index (χ0n) is 16.1. The summed E-state index contributed by atoms with van der Waals surface area (Å²) in [5.74, 6) is 0.807. The van der Waals surface area contributed by atoms with Crippen molar-refractivity contribution in [1.82, 2.24) is 0 Å². The molecule has 0 saturated carbocycles. The first kappa shape index (κ1) is 26.1. The van der Waals surface area contributed by atoms with E-state index in [1.54, 1.807) is 19.1 Å². The molecule has 0 radical (unpaired) electrons. The second-order valence-electron chi connectivity index (χ2n) is 4.32. The third-order valence-corrected chi connectivity index (χ3v) is 2.21. The molecule has 0 bridgehead atoms. The van der Waals surface area contributed by atoms with E-state index < -0.39 is 6.10 Å². The molecule has 2 heteroatoms. The molecule has 0 spiro atoms. The van der Waals surface area contributed by atoms with Crippen molar-refractivity contribution in [2.75, 3.05) is 6.61 Å². The lowest BCUT2D eigenvalue weighted by atomic mass is 10.2. The second kappa shape index (κ2) is 20.2. The summed E-state index contributed by atoms with van der Waals surface area (Å²) in [5.41, 5.74) is 2.36. The van der Waals surface area contributed by atoms with Gasteiger partial charge in [-0.3, -0.25) is 0 Å². The van der Waals surface area contributed by atoms with Crippen LogP contribution in [-0.2, 0) is 0 Å². The molecule has 1 rings (SSSR count). The molecule has 0 aromatic heterocycles. The molecule has 0 fully saturated rings. The van der Waals surface area contributed by atoms with Gasteiger partial charge in [-0.2, -0.15) is 0 Å². The second-order valence-corrected chi connectivity index (χ2v) is 4.32. The van der Waals surface area contributed by atoms with Gasteiger partial charge >= 0.3 is 0 Å². The van der Waals surface area contributed by atoms with Crippen molar-refractivity contribution in [3.63, 3.8) is 0 Å². The Morgan fingerprint density at radius 3 is 1.91 bits per heavy atom. The number of aliphatic hydroxyl groups excluding tert-OH is 1. The summed E-state index contributed by atoms with van der Waals surface area (Å²) in [4.78, 5) is 0. The molecule has 23 heavy (non-hydrogen) atoms. The molecule has 1 aromatic rings. The molecule has 0 aliphatic rings. The van der Waals surface area contributed by atoms with E-state index >= 15 is 0 Å². The topological polar surface area (TPSA) is 29.5 Å². The van der Waals surface area contributed by atoms with Gasteiger partial charge in [-0.1, -0.05) is 82.4 Å². The number of hydrogen-bond donors (Lipinski definition) is 1. The Hall–Kier alpha value is -1.80. The van der Waals surface area contributed by atoms with Crippen LogP contribution in [0, 0.1) is 6.92 Å². The summed E-state index contributed by atoms with van der Waals surface area (Å²) in [6.45, 7) is 21.1. The van der Waals surface area contributed by atoms with Crippen LogP contribution in [0.4, 0.5) is 0 Å². The lowest BCUT2D eigenvalue weighted by Gasteiger charge is -2.07. The van der Waals surface area contributed by atoms with Crippen LogP contribution in [0.25, 0.3) is 0 Å². The minimum absolute atomic E-state index is 0.350. The number of hydrogen-bond acceptors (Lipinski definition) is 2. The monoisotopic (exact) mass is 320 g/mol. The highest BCUT2D eigenvalue weighted by atomic mass is 16.5. The lowest BCUT2D eigenvalue weighted by Crippen LogP contribution is -2.12. The normalized spacial score (nSPS) is 10.3. The molecule has 2 nitrogen and oxygen atoms in total. The predicted molar refractivity (Wildman–Crippen MR) is 105 cm³/mol. The fourth-order valence-electron chi connectivity index (χ4n) is 1.11. The van der Waals surface area contributed by atoms with E-state index in [2.05, 4.69) is 13.2 Å². The summed E-state index contributed by atoms with van der Waals surface area (Å²) >= 11 is 0. The van der Waals surface area contributed by atoms with Gasteiger partial charge in [0, 0.05) is 0 Å². The summed E-state index contributed by atoms with van der Waals surface area (Å²) < 4.78 is 5.27. The molecule has 0 heterocycles. The van der Waals surface area contributed by atoms with Gasteiger partial charge in [0.25, 0.3) is 0 Å². The van der Waals surface area contributed by atoms with Crippen molar-refractivity contribution < 1.29 is 9.84 Å². The predicted octanol–water partition coefficient (Wildman–Crippen LogP) is 6.11. The largest absolute Gasteiger partial charge is 0.491 e. The van der Waals surface area contributed by atoms with Gasteiger partial charge in [0.05, 0.1) is 6.10 Å². The molecule has 1 unspecified atom stereocenters. The van der Waals surface area contributed by atoms with E-state index in [0.717, 1.165) is 11.3 Å². The molecule has 0 saturated heterocycles. The summed E-state index contributed by atoms with van der Waals surface area (Å²) in [7, 11) is 0. The van der Waals surface area contributed by atoms with Crippen molar-refractivity contribution in [2.24, 2.45) is 0 Å². The molecule has 1 aromatic carbocycles. The van der Waals surface area contributed by atoms with Crippen LogP contribution in [0.5, 0.6) is 5.75 Å². The first-order valence-electron chi connectivity index (χ1n) is 8.29. The Bertz CT molecular complexity index is 400. The van der Waals surface area contributed by atoms with Gasteiger partial charge in [-0.05, 0) is 32.9 Å². The summed E-state index contributed by atoms with van der Waals surface area (Å²) in [5, 5.41) is 8.94. The minimum atomic E-state index is -0.411. The SMILES string of the molecule is C=C/C=C(/C)C=C.CC.CC.Cc1ccc(OCC(C)O)cc1. The molecule has 1 atom stereocenters. The number of aliphatic hydroxyl groups is 1. The molecular weight excluding hydrogens is 284 g/mol. The summed E-state index contributed by atoms with van der Waals surface area (Å²) in [6, 6.07) is 7.77. The van der Waals surface area contributed by atoms with Crippen LogP contribution in [0.2, 0.25) is 0 Å². The highest BCUT2D eigenvalue weighted by Gasteiger charge is 1.96. The van der Waals surface area contributed by atoms with Gasteiger partial charge in [-0.15, -0.1) is 0 Å². The maximum atomic E-state index is 8.94. The zero-order chi connectivity index (χ0) is 18.7. The van der Waals surface area contributed by atoms with Crippen molar-refractivity contribution in [2.45, 2.75) is 54.6 Å². The summed E-state index contributed by atoms with van der Waals surface area (Å²) in [6.07, 6.45) is 5.04. The highest BCUT2D eigenvalue weighted by Crippen LogP contribution is 2.11. The van der Waals surface area contributed by atoms with Crippen LogP contribution in [0.15, 0.2) is 61.2 Å². The van der Waals surface area contributed by atoms with Gasteiger partial charge in [-0.25, -0.2) is 0 Å². The van der Waals surface area contributed by atoms with Crippen LogP contribution in [-0.4, -0.2) is 17.8 Å². The van der Waals surface area contributed by atoms with Crippen LogP contribution in [0.3, 0.4) is 0 Å². The maximum Gasteiger partial charge on any atom is 0.119 e. The number of allylic oxidation sites excluding steroid dienone is 4. The van der Waals surface area contributed by atoms with E-state index in [1.165, 1.54) is 5.56 Å². The van der Waals surface area contributed by atoms with Crippen molar-refractivity contribution in [3.05, 3.63) is 66.8 Å². The van der Waals surface area contributed by atoms with Gasteiger partial charge in [0.2, 0.25) is 0 Å². The van der Waals surface area contributed by atoms with Crippen LogP contribution in [0.1, 0.15) is 47.1 Å². The Morgan fingerprint density at radius 1 is 1.13 bits per heavy atom. The highest BCUT2D eigenvalue weighted by molar-refractivity contribution is 5.26. The third kappa shape index (κ3) is 20.2. The average Bonchev–Trinajstić information content (AvgIpc) is 2.58. The Labute approximate surface area is 144 Å². The fraction of sp³-hybridized carbons (Fsp3) is 0.429. The number of aryl methyl sites for hydroxylation is 1. The fourth-order valence-corrected chi connectivity index (χ4v) is 1.11. The van der Waals surface area contributed by atoms with E-state index in [4.69, 9.17) is 9.84 Å². The van der Waals surface area contributed by atoms with Gasteiger partial charge < -0.3 is 9.84 Å². The van der Waals surface area contributed by atoms with Gasteiger partial charge in [0.1, 0.15) is 12.4 Å². The third-order valence-electron chi connectivity index (χ3n) is 2.21. The first-order valence-corrected chi connectivity index (χ1v) is 8.29. The first-order chi connectivity index (χ1) is 11.0. The maximum absolute atomic E-state index is 8.94. The smallest absolute Gasteiger partial charge is 0.119 e. The van der Waals surface area contributed by atoms with Crippen LogP contribution < -0.4 is 4.74 Å². The average molecular weight is 321 g/mol. The minimum Gasteiger partial charge on any atom is -0.491 e. The standard InChI is InChI=1S/C10H14O2.C7H10.2C2H6/c1-8-3-5-10(6-4-8)12-7-9(2)11;1-4-6-7(3)5-2;2*1-2/h3-6,9,11H,7H2,1-2H3;4-6H,1-2H2,3H3;2*1-2H3/b;7-6-;;. The van der Waals surface area contributed by atoms with Crippen LogP contribution >= 0.6 is 0 Å². The quantitative estimate of drug-likeness (QED) is 0.663. The van der Waals surface area contributed by atoms with E-state index in [9.17, 15) is 0 Å². The van der Waals surface area contributed by atoms with E-state index in [0.29, 0.717) is 6.61 Å². The Kier molecular flexibility index (Phi) is 22.9. The lowest BCUT2D eigenvalue weighted by molar-refractivity contribution is 0.122. The Morgan fingerprint density at radius 2 is 1.61 bits per heavy atom. The Balaban J connectivity index is -0.000000312. The van der Waals surface area contributed by atoms with Crippen molar-refractivity contribution in [1.29, 1.82) is 0 Å². The van der Waals surface area contributed by atoms with Crippen molar-refractivity contribution in [3.8, 4) is 5.75 Å². The van der Waals surface area contributed by atoms with Crippen molar-refractivity contribution >= 4 is 0 Å². The number of rotatable bonds is 5. The van der Waals surface area contributed by atoms with E-state index in [1.807, 2.05) is 71.9 Å². The zero-order valence-corrected chi connectivity index (χ0v) is 16.1. The molecule has 0 aliphatic carbocycles. The van der Waals surface area contributed by atoms with E-state index in [-0.39, 0.29) is 0 Å².